The van der Waals surface area contributed by atoms with Crippen molar-refractivity contribution in [1.82, 2.24) is 19.9 Å². The first-order valence-electron chi connectivity index (χ1n) is 12.0. The number of nitrogens with zero attached hydrogens (tertiary/aromatic N) is 5. The average Bonchev–Trinajstić information content (AvgIpc) is 3.26. The van der Waals surface area contributed by atoms with Crippen molar-refractivity contribution in [2.45, 2.75) is 25.4 Å². The van der Waals surface area contributed by atoms with Gasteiger partial charge in [0, 0.05) is 26.2 Å². The van der Waals surface area contributed by atoms with Gasteiger partial charge in [0.15, 0.2) is 11.5 Å². The number of nitrogen functional groups attached to an aromatic ring is 1. The predicted molar refractivity (Wildman–Crippen MR) is 141 cm³/mol. The topological polar surface area (TPSA) is 180 Å². The number of amides is 2. The molecule has 12 heteroatoms. The molecular formula is C25H30N10O2. The second-order valence-corrected chi connectivity index (χ2v) is 8.74. The minimum atomic E-state index is -0.491. The number of benzene rings is 1. The monoisotopic (exact) mass is 502 g/mol. The second kappa shape index (κ2) is 11.4. The van der Waals surface area contributed by atoms with Crippen LogP contribution in [0.25, 0.3) is 0 Å². The lowest BCUT2D eigenvalue weighted by Gasteiger charge is -2.32. The number of nitrogens with two attached hydrogens (primary N) is 2. The fraction of sp³-hybridized carbons (Fsp3) is 0.320. The molecule has 0 saturated carbocycles. The maximum absolute atomic E-state index is 13.4. The Balaban J connectivity index is 1.63. The zero-order chi connectivity index (χ0) is 26.4. The number of carbonyl (C=O) groups is 2. The van der Waals surface area contributed by atoms with Crippen LogP contribution in [0.1, 0.15) is 34.5 Å². The average molecular weight is 503 g/mol. The van der Waals surface area contributed by atoms with E-state index >= 15 is 0 Å². The van der Waals surface area contributed by atoms with Crippen LogP contribution in [-0.4, -0.2) is 59.1 Å². The number of aromatic nitrogens is 3. The Morgan fingerprint density at radius 3 is 2.73 bits per heavy atom. The summed E-state index contributed by atoms with van der Waals surface area (Å²) in [7, 11) is 1.68. The molecule has 1 aromatic carbocycles. The molecule has 12 nitrogen and oxygen atoms in total. The molecule has 2 amide bonds. The summed E-state index contributed by atoms with van der Waals surface area (Å²) in [6.07, 6.45) is 1.81. The molecular weight excluding hydrogens is 472 g/mol. The van der Waals surface area contributed by atoms with Gasteiger partial charge in [-0.3, -0.25) is 14.2 Å². The van der Waals surface area contributed by atoms with E-state index in [1.54, 1.807) is 41.9 Å². The molecule has 192 valence electrons. The van der Waals surface area contributed by atoms with Crippen molar-refractivity contribution in [1.29, 1.82) is 5.26 Å². The SMILES string of the molecule is CNc1nc(N2CCC[C@@H](N)C2)n(Cc2ccccc2C#N)c1C(=O)NCC(=O)Nc1cccc(N)n1. The maximum atomic E-state index is 13.4. The van der Waals surface area contributed by atoms with Gasteiger partial charge in [0.05, 0.1) is 24.7 Å². The standard InChI is InChI=1S/C25H30N10O2/c1-29-23-22(24(37)30-13-21(36)32-20-10-4-9-19(28)31-20)35(14-17-7-3-2-6-16(17)12-26)25(33-23)34-11-5-8-18(27)15-34/h2-4,6-7,9-10,18,29H,5,8,11,13-15,27H2,1H3,(H,30,37)(H3,28,31,32,36)/t18-/m1/s1. The van der Waals surface area contributed by atoms with Crippen molar-refractivity contribution in [3.8, 4) is 6.07 Å². The summed E-state index contributed by atoms with van der Waals surface area (Å²) in [5, 5.41) is 17.9. The molecule has 1 aliphatic rings. The van der Waals surface area contributed by atoms with Gasteiger partial charge < -0.3 is 32.3 Å². The van der Waals surface area contributed by atoms with E-state index in [1.807, 2.05) is 12.1 Å². The number of pyridine rings is 1. The molecule has 4 rings (SSSR count). The van der Waals surface area contributed by atoms with E-state index in [0.717, 1.165) is 24.9 Å². The van der Waals surface area contributed by atoms with Gasteiger partial charge in [0.25, 0.3) is 5.91 Å². The zero-order valence-electron chi connectivity index (χ0n) is 20.6. The highest BCUT2D eigenvalue weighted by Gasteiger charge is 2.28. The Morgan fingerprint density at radius 1 is 1.19 bits per heavy atom. The van der Waals surface area contributed by atoms with Gasteiger partial charge in [-0.05, 0) is 36.6 Å². The Morgan fingerprint density at radius 2 is 2.00 bits per heavy atom. The normalized spacial score (nSPS) is 15.1. The number of imidazole rings is 1. The molecule has 3 aromatic rings. The summed E-state index contributed by atoms with van der Waals surface area (Å²) < 4.78 is 1.77. The lowest BCUT2D eigenvalue weighted by Crippen LogP contribution is -2.44. The summed E-state index contributed by atoms with van der Waals surface area (Å²) >= 11 is 0. The third kappa shape index (κ3) is 5.96. The minimum Gasteiger partial charge on any atom is -0.384 e. The van der Waals surface area contributed by atoms with Gasteiger partial charge in [-0.1, -0.05) is 24.3 Å². The second-order valence-electron chi connectivity index (χ2n) is 8.74. The van der Waals surface area contributed by atoms with Gasteiger partial charge >= 0.3 is 0 Å². The van der Waals surface area contributed by atoms with Gasteiger partial charge in [-0.2, -0.15) is 10.2 Å². The highest BCUT2D eigenvalue weighted by molar-refractivity contribution is 6.01. The number of carbonyl (C=O) groups excluding carboxylic acids is 2. The molecule has 1 fully saturated rings. The molecule has 0 unspecified atom stereocenters. The maximum Gasteiger partial charge on any atom is 0.272 e. The Hall–Kier alpha value is -4.63. The lowest BCUT2D eigenvalue weighted by atomic mass is 10.1. The number of nitriles is 1. The smallest absolute Gasteiger partial charge is 0.272 e. The van der Waals surface area contributed by atoms with Gasteiger partial charge in [-0.15, -0.1) is 0 Å². The fourth-order valence-corrected chi connectivity index (χ4v) is 4.32. The summed E-state index contributed by atoms with van der Waals surface area (Å²) in [4.78, 5) is 36.7. The van der Waals surface area contributed by atoms with Crippen LogP contribution in [0, 0.1) is 11.3 Å². The van der Waals surface area contributed by atoms with Crippen LogP contribution < -0.4 is 32.3 Å². The summed E-state index contributed by atoms with van der Waals surface area (Å²) in [6, 6.07) is 14.3. The van der Waals surface area contributed by atoms with E-state index in [2.05, 4.69) is 31.9 Å². The van der Waals surface area contributed by atoms with Gasteiger partial charge in [0.1, 0.15) is 11.6 Å². The van der Waals surface area contributed by atoms with E-state index in [0.29, 0.717) is 23.9 Å². The van der Waals surface area contributed by atoms with Crippen molar-refractivity contribution in [3.63, 3.8) is 0 Å². The molecule has 0 spiro atoms. The van der Waals surface area contributed by atoms with Crippen molar-refractivity contribution < 1.29 is 9.59 Å². The molecule has 7 N–H and O–H groups in total. The predicted octanol–water partition coefficient (Wildman–Crippen LogP) is 1.12. The van der Waals surface area contributed by atoms with Crippen LogP contribution in [0.3, 0.4) is 0 Å². The number of hydrogen-bond donors (Lipinski definition) is 5. The van der Waals surface area contributed by atoms with E-state index < -0.39 is 11.8 Å². The molecule has 0 bridgehead atoms. The third-order valence-corrected chi connectivity index (χ3v) is 6.05. The fourth-order valence-electron chi connectivity index (χ4n) is 4.32. The molecule has 1 aliphatic heterocycles. The largest absolute Gasteiger partial charge is 0.384 e. The summed E-state index contributed by atoms with van der Waals surface area (Å²) in [5.74, 6) is 0.545. The highest BCUT2D eigenvalue weighted by atomic mass is 16.2. The first kappa shape index (κ1) is 25.5. The van der Waals surface area contributed by atoms with Crippen molar-refractivity contribution in [2.24, 2.45) is 5.73 Å². The van der Waals surface area contributed by atoms with Gasteiger partial charge in [0.2, 0.25) is 11.9 Å². The zero-order valence-corrected chi connectivity index (χ0v) is 20.6. The van der Waals surface area contributed by atoms with E-state index in [-0.39, 0.29) is 36.5 Å². The van der Waals surface area contributed by atoms with Crippen LogP contribution in [0.5, 0.6) is 0 Å². The quantitative estimate of drug-likeness (QED) is 0.301. The van der Waals surface area contributed by atoms with E-state index in [1.165, 1.54) is 0 Å². The van der Waals surface area contributed by atoms with Crippen molar-refractivity contribution in [2.75, 3.05) is 47.9 Å². The summed E-state index contributed by atoms with van der Waals surface area (Å²) in [5.41, 5.74) is 13.4. The summed E-state index contributed by atoms with van der Waals surface area (Å²) in [6.45, 7) is 1.28. The number of rotatable bonds is 8. The van der Waals surface area contributed by atoms with Crippen LogP contribution in [0.2, 0.25) is 0 Å². The molecule has 1 atom stereocenters. The van der Waals surface area contributed by atoms with Crippen LogP contribution in [0.4, 0.5) is 23.4 Å². The van der Waals surface area contributed by atoms with Crippen LogP contribution >= 0.6 is 0 Å². The number of anilines is 4. The number of piperidine rings is 1. The molecule has 1 saturated heterocycles. The lowest BCUT2D eigenvalue weighted by molar-refractivity contribution is -0.115. The minimum absolute atomic E-state index is 0.00932. The Labute approximate surface area is 214 Å². The molecule has 0 radical (unpaired) electrons. The molecule has 3 heterocycles. The molecule has 37 heavy (non-hydrogen) atoms. The Kier molecular flexibility index (Phi) is 7.85. The highest BCUT2D eigenvalue weighted by Crippen LogP contribution is 2.28. The number of hydrogen-bond acceptors (Lipinski definition) is 9. The van der Waals surface area contributed by atoms with E-state index in [9.17, 15) is 14.9 Å². The Bertz CT molecular complexity index is 1330. The third-order valence-electron chi connectivity index (χ3n) is 6.05. The van der Waals surface area contributed by atoms with Crippen molar-refractivity contribution >= 4 is 35.2 Å². The van der Waals surface area contributed by atoms with Gasteiger partial charge in [-0.25, -0.2) is 4.98 Å². The first-order chi connectivity index (χ1) is 17.9. The molecule has 0 aliphatic carbocycles. The van der Waals surface area contributed by atoms with E-state index in [4.69, 9.17) is 16.5 Å². The number of nitrogens with one attached hydrogen (secondary N) is 3. The van der Waals surface area contributed by atoms with Crippen LogP contribution in [-0.2, 0) is 11.3 Å². The van der Waals surface area contributed by atoms with Crippen LogP contribution in [0.15, 0.2) is 42.5 Å². The first-order valence-corrected chi connectivity index (χ1v) is 12.0. The van der Waals surface area contributed by atoms with Crippen molar-refractivity contribution in [3.05, 3.63) is 59.3 Å². The molecule has 2 aromatic heterocycles.